The molecule has 0 aliphatic carbocycles. The Labute approximate surface area is 260 Å². The summed E-state index contributed by atoms with van der Waals surface area (Å²) in [6.45, 7) is 8.41. The van der Waals surface area contributed by atoms with Crippen LogP contribution in [0.2, 0.25) is 0 Å². The van der Waals surface area contributed by atoms with E-state index in [0.29, 0.717) is 26.1 Å². The highest BCUT2D eigenvalue weighted by Gasteiger charge is 2.17. The molecule has 0 fully saturated rings. The van der Waals surface area contributed by atoms with Gasteiger partial charge in [0.05, 0.1) is 0 Å². The number of carboxylic acids is 1. The molecule has 0 spiro atoms. The highest BCUT2D eigenvalue weighted by Crippen LogP contribution is 2.18. The number of carboxylic acid groups (broad SMARTS) is 1. The van der Waals surface area contributed by atoms with Crippen molar-refractivity contribution in [1.82, 2.24) is 0 Å². The van der Waals surface area contributed by atoms with Gasteiger partial charge >= 0.3 is 11.9 Å². The lowest BCUT2D eigenvalue weighted by atomic mass is 10.0. The molecule has 0 heterocycles. The van der Waals surface area contributed by atoms with E-state index in [2.05, 4.69) is 20.8 Å². The fraction of sp³-hybridized carbons (Fsp3) is 0.944. The lowest BCUT2D eigenvalue weighted by molar-refractivity contribution is -0.151. The third-order valence-electron chi connectivity index (χ3n) is 8.07. The monoisotopic (exact) mass is 599 g/mol. The van der Waals surface area contributed by atoms with Gasteiger partial charge in [0.15, 0.2) is 6.10 Å². The first kappa shape index (κ1) is 40.9. The molecule has 0 saturated carbocycles. The lowest BCUT2D eigenvalue weighted by Gasteiger charge is -2.18. The molecule has 0 aliphatic heterocycles. The van der Waals surface area contributed by atoms with E-state index in [1.807, 2.05) is 0 Å². The number of esters is 1. The van der Waals surface area contributed by atoms with Gasteiger partial charge in [0.2, 0.25) is 0 Å². The Hall–Kier alpha value is -1.14. The molecule has 0 saturated heterocycles. The van der Waals surface area contributed by atoms with Crippen molar-refractivity contribution in [3.63, 3.8) is 0 Å². The van der Waals surface area contributed by atoms with E-state index in [4.69, 9.17) is 14.2 Å². The summed E-state index contributed by atoms with van der Waals surface area (Å²) in [7, 11) is 0. The normalized spacial score (nSPS) is 12.2. The zero-order valence-electron chi connectivity index (χ0n) is 28.1. The van der Waals surface area contributed by atoms with Crippen LogP contribution in [0, 0.1) is 0 Å². The second-order valence-electron chi connectivity index (χ2n) is 12.3. The minimum absolute atomic E-state index is 0.00591. The van der Waals surface area contributed by atoms with Gasteiger partial charge in [0, 0.05) is 26.2 Å². The topological polar surface area (TPSA) is 82.1 Å². The Balaban J connectivity index is 3.87. The minimum atomic E-state index is -0.859. The maximum Gasteiger partial charge on any atom is 0.332 e. The molecule has 42 heavy (non-hydrogen) atoms. The van der Waals surface area contributed by atoms with Gasteiger partial charge in [0.1, 0.15) is 6.10 Å². The number of hydrogen-bond donors (Lipinski definition) is 1. The number of unbranched alkanes of at least 4 members (excludes halogenated alkanes) is 17. The first-order chi connectivity index (χ1) is 20.5. The molecular weight excluding hydrogens is 528 g/mol. The zero-order chi connectivity index (χ0) is 30.9. The van der Waals surface area contributed by atoms with Gasteiger partial charge in [-0.3, -0.25) is 4.79 Å². The van der Waals surface area contributed by atoms with Crippen LogP contribution in [0.15, 0.2) is 0 Å². The minimum Gasteiger partial charge on any atom is -0.479 e. The fourth-order valence-corrected chi connectivity index (χ4v) is 5.34. The van der Waals surface area contributed by atoms with E-state index in [1.54, 1.807) is 0 Å². The van der Waals surface area contributed by atoms with Crippen LogP contribution in [0.3, 0.4) is 0 Å². The van der Waals surface area contributed by atoms with Crippen LogP contribution in [-0.4, -0.2) is 49.1 Å². The van der Waals surface area contributed by atoms with Crippen molar-refractivity contribution in [3.8, 4) is 0 Å². The molecule has 0 amide bonds. The standard InChI is InChI=1S/C36H70O6/c1-4-7-10-13-16-20-26-33(27-21-17-14-11-8-5-2)42-35(37)29-23-18-15-19-24-30-40-31-25-32-41-34(36(38)39)28-22-12-9-6-3/h33-34H,4-32H2,1-3H3,(H,38,39). The summed E-state index contributed by atoms with van der Waals surface area (Å²) in [5.41, 5.74) is 0. The summed E-state index contributed by atoms with van der Waals surface area (Å²) in [6.07, 6.45) is 28.1. The number of rotatable bonds is 34. The summed E-state index contributed by atoms with van der Waals surface area (Å²) in [6, 6.07) is 0. The van der Waals surface area contributed by atoms with E-state index in [0.717, 1.165) is 83.7 Å². The van der Waals surface area contributed by atoms with Crippen LogP contribution in [0.1, 0.15) is 188 Å². The van der Waals surface area contributed by atoms with Crippen LogP contribution in [0.4, 0.5) is 0 Å². The third-order valence-corrected chi connectivity index (χ3v) is 8.07. The molecule has 0 aromatic rings. The molecule has 1 atom stereocenters. The molecule has 250 valence electrons. The lowest BCUT2D eigenvalue weighted by Crippen LogP contribution is -2.24. The Morgan fingerprint density at radius 1 is 0.524 bits per heavy atom. The Morgan fingerprint density at radius 2 is 0.976 bits per heavy atom. The molecule has 0 bridgehead atoms. The molecule has 0 aromatic carbocycles. The first-order valence-corrected chi connectivity index (χ1v) is 18.2. The van der Waals surface area contributed by atoms with E-state index < -0.39 is 12.1 Å². The number of hydrogen-bond acceptors (Lipinski definition) is 5. The SMILES string of the molecule is CCCCCCCCC(CCCCCCCC)OC(=O)CCCCCCCOCCCOC(CCCCCC)C(=O)O. The molecule has 0 aliphatic rings. The number of ether oxygens (including phenoxy) is 3. The Bertz CT molecular complexity index is 565. The third kappa shape index (κ3) is 29.0. The molecular formula is C36H70O6. The molecule has 6 nitrogen and oxygen atoms in total. The van der Waals surface area contributed by atoms with Crippen LogP contribution in [0.25, 0.3) is 0 Å². The van der Waals surface area contributed by atoms with Crippen LogP contribution >= 0.6 is 0 Å². The number of carbonyl (C=O) groups excluding carboxylic acids is 1. The predicted molar refractivity (Wildman–Crippen MR) is 175 cm³/mol. The largest absolute Gasteiger partial charge is 0.479 e. The molecule has 1 unspecified atom stereocenters. The van der Waals surface area contributed by atoms with Crippen molar-refractivity contribution >= 4 is 11.9 Å². The molecule has 0 rings (SSSR count). The van der Waals surface area contributed by atoms with Crippen LogP contribution in [-0.2, 0) is 23.8 Å². The highest BCUT2D eigenvalue weighted by atomic mass is 16.5. The van der Waals surface area contributed by atoms with Gasteiger partial charge in [0.25, 0.3) is 0 Å². The predicted octanol–water partition coefficient (Wildman–Crippen LogP) is 10.6. The second kappa shape index (κ2) is 32.8. The van der Waals surface area contributed by atoms with Crippen molar-refractivity contribution < 1.29 is 28.9 Å². The first-order valence-electron chi connectivity index (χ1n) is 18.2. The van der Waals surface area contributed by atoms with Gasteiger partial charge < -0.3 is 19.3 Å². The van der Waals surface area contributed by atoms with E-state index in [-0.39, 0.29) is 12.1 Å². The Kier molecular flexibility index (Phi) is 31.9. The van der Waals surface area contributed by atoms with Gasteiger partial charge in [-0.1, -0.05) is 130 Å². The van der Waals surface area contributed by atoms with E-state index in [1.165, 1.54) is 77.0 Å². The van der Waals surface area contributed by atoms with Gasteiger partial charge in [-0.25, -0.2) is 4.79 Å². The zero-order valence-corrected chi connectivity index (χ0v) is 28.1. The average Bonchev–Trinajstić information content (AvgIpc) is 2.97. The molecule has 0 aromatic heterocycles. The van der Waals surface area contributed by atoms with E-state index >= 15 is 0 Å². The van der Waals surface area contributed by atoms with Crippen molar-refractivity contribution in [3.05, 3.63) is 0 Å². The van der Waals surface area contributed by atoms with Crippen molar-refractivity contribution in [2.45, 2.75) is 200 Å². The summed E-state index contributed by atoms with van der Waals surface area (Å²) in [4.78, 5) is 23.9. The maximum atomic E-state index is 12.5. The van der Waals surface area contributed by atoms with Crippen LogP contribution in [0.5, 0.6) is 0 Å². The highest BCUT2D eigenvalue weighted by molar-refractivity contribution is 5.72. The average molecular weight is 599 g/mol. The number of carbonyl (C=O) groups is 2. The second-order valence-corrected chi connectivity index (χ2v) is 12.3. The van der Waals surface area contributed by atoms with Gasteiger partial charge in [-0.05, 0) is 51.4 Å². The fourth-order valence-electron chi connectivity index (χ4n) is 5.34. The summed E-state index contributed by atoms with van der Waals surface area (Å²) in [5.74, 6) is -0.865. The van der Waals surface area contributed by atoms with Crippen molar-refractivity contribution in [2.75, 3.05) is 19.8 Å². The Morgan fingerprint density at radius 3 is 1.55 bits per heavy atom. The van der Waals surface area contributed by atoms with Crippen molar-refractivity contribution in [1.29, 1.82) is 0 Å². The van der Waals surface area contributed by atoms with Crippen molar-refractivity contribution in [2.24, 2.45) is 0 Å². The maximum absolute atomic E-state index is 12.5. The van der Waals surface area contributed by atoms with Crippen LogP contribution < -0.4 is 0 Å². The molecule has 0 radical (unpaired) electrons. The van der Waals surface area contributed by atoms with Gasteiger partial charge in [-0.15, -0.1) is 0 Å². The molecule has 6 heteroatoms. The molecule has 1 N–H and O–H groups in total. The van der Waals surface area contributed by atoms with E-state index in [9.17, 15) is 14.7 Å². The smallest absolute Gasteiger partial charge is 0.332 e. The number of aliphatic carboxylic acids is 1. The quantitative estimate of drug-likeness (QED) is 0.0586. The summed E-state index contributed by atoms with van der Waals surface area (Å²) >= 11 is 0. The van der Waals surface area contributed by atoms with Gasteiger partial charge in [-0.2, -0.15) is 0 Å². The summed E-state index contributed by atoms with van der Waals surface area (Å²) < 4.78 is 17.2. The summed E-state index contributed by atoms with van der Waals surface area (Å²) in [5, 5.41) is 9.30.